The van der Waals surface area contributed by atoms with E-state index in [1.54, 1.807) is 23.0 Å². The Balaban J connectivity index is 1.79. The van der Waals surface area contributed by atoms with Crippen molar-refractivity contribution in [2.45, 2.75) is 0 Å². The van der Waals surface area contributed by atoms with Crippen molar-refractivity contribution < 1.29 is 14.6 Å². The Kier molecular flexibility index (Phi) is 6.81. The van der Waals surface area contributed by atoms with Gasteiger partial charge in [-0.1, -0.05) is 11.6 Å². The first-order valence-corrected chi connectivity index (χ1v) is 9.68. The van der Waals surface area contributed by atoms with E-state index >= 15 is 0 Å². The Hall–Kier alpha value is -3.23. The molecule has 2 amide bonds. The van der Waals surface area contributed by atoms with Crippen LogP contribution in [0.2, 0.25) is 5.02 Å². The van der Waals surface area contributed by atoms with Crippen LogP contribution in [-0.4, -0.2) is 53.1 Å². The van der Waals surface area contributed by atoms with Crippen molar-refractivity contribution in [3.05, 3.63) is 53.7 Å². The molecule has 9 heteroatoms. The van der Waals surface area contributed by atoms with Crippen LogP contribution in [0.4, 0.5) is 16.2 Å². The molecule has 0 saturated heterocycles. The standard InChI is InChI=1S/C21H24ClN5O3/c1-26(2)10-11-30-20-7-5-15(13-16(20)18-8-9-23-27(18)3)24-21(29)25-17-6-4-14(22)12-19(17)28/h4-9,12-13,28H,10-11H2,1-3H3,(H2,24,25,29). The molecule has 8 nitrogen and oxygen atoms in total. The smallest absolute Gasteiger partial charge is 0.323 e. The van der Waals surface area contributed by atoms with E-state index in [-0.39, 0.29) is 11.4 Å². The maximum absolute atomic E-state index is 12.4. The van der Waals surface area contributed by atoms with Gasteiger partial charge in [0.15, 0.2) is 0 Å². The van der Waals surface area contributed by atoms with E-state index in [1.165, 1.54) is 12.1 Å². The number of phenolic OH excluding ortho intramolecular Hbond substituents is 1. The molecular weight excluding hydrogens is 406 g/mol. The maximum Gasteiger partial charge on any atom is 0.323 e. The molecule has 0 unspecified atom stereocenters. The number of rotatable bonds is 7. The fraction of sp³-hybridized carbons (Fsp3) is 0.238. The number of aryl methyl sites for hydroxylation is 1. The minimum absolute atomic E-state index is 0.113. The first-order chi connectivity index (χ1) is 14.3. The van der Waals surface area contributed by atoms with Crippen LogP contribution in [0.25, 0.3) is 11.3 Å². The number of hydrogen-bond acceptors (Lipinski definition) is 5. The Morgan fingerprint density at radius 3 is 2.67 bits per heavy atom. The topological polar surface area (TPSA) is 91.7 Å². The molecule has 0 bridgehead atoms. The predicted molar refractivity (Wildman–Crippen MR) is 118 cm³/mol. The second kappa shape index (κ2) is 9.51. The van der Waals surface area contributed by atoms with E-state index < -0.39 is 6.03 Å². The first kappa shape index (κ1) is 21.5. The molecule has 0 aliphatic carbocycles. The van der Waals surface area contributed by atoms with Gasteiger partial charge in [0, 0.05) is 42.1 Å². The molecule has 30 heavy (non-hydrogen) atoms. The number of likely N-dealkylation sites (N-methyl/N-ethyl adjacent to an activating group) is 1. The summed E-state index contributed by atoms with van der Waals surface area (Å²) in [5.41, 5.74) is 2.49. The SMILES string of the molecule is CN(C)CCOc1ccc(NC(=O)Nc2ccc(Cl)cc2O)cc1-c1ccnn1C. The van der Waals surface area contributed by atoms with Crippen molar-refractivity contribution in [1.29, 1.82) is 0 Å². The van der Waals surface area contributed by atoms with Crippen LogP contribution in [0.1, 0.15) is 0 Å². The number of halogens is 1. The molecule has 3 aromatic rings. The molecule has 158 valence electrons. The van der Waals surface area contributed by atoms with E-state index in [0.29, 0.717) is 23.1 Å². The maximum atomic E-state index is 12.4. The molecule has 0 fully saturated rings. The van der Waals surface area contributed by atoms with Crippen molar-refractivity contribution in [3.8, 4) is 22.8 Å². The third kappa shape index (κ3) is 5.43. The number of nitrogens with zero attached hydrogens (tertiary/aromatic N) is 3. The number of nitrogens with one attached hydrogen (secondary N) is 2. The second-order valence-electron chi connectivity index (χ2n) is 6.94. The molecule has 0 aliphatic rings. The number of phenols is 1. The molecule has 1 aromatic heterocycles. The molecule has 3 rings (SSSR count). The van der Waals surface area contributed by atoms with Gasteiger partial charge in [0.1, 0.15) is 18.1 Å². The van der Waals surface area contributed by atoms with Crippen LogP contribution in [0.3, 0.4) is 0 Å². The fourth-order valence-electron chi connectivity index (χ4n) is 2.81. The largest absolute Gasteiger partial charge is 0.506 e. The molecule has 0 radical (unpaired) electrons. The Morgan fingerprint density at radius 2 is 2.00 bits per heavy atom. The van der Waals surface area contributed by atoms with Crippen molar-refractivity contribution in [1.82, 2.24) is 14.7 Å². The van der Waals surface area contributed by atoms with Crippen LogP contribution in [0, 0.1) is 0 Å². The summed E-state index contributed by atoms with van der Waals surface area (Å²) in [5, 5.41) is 19.9. The number of urea groups is 1. The zero-order chi connectivity index (χ0) is 21.7. The van der Waals surface area contributed by atoms with Gasteiger partial charge in [-0.25, -0.2) is 4.79 Å². The number of carbonyl (C=O) groups is 1. The quantitative estimate of drug-likeness (QED) is 0.493. The minimum atomic E-state index is -0.496. The van der Waals surface area contributed by atoms with Crippen LogP contribution in [0.15, 0.2) is 48.7 Å². The van der Waals surface area contributed by atoms with Gasteiger partial charge in [0.05, 0.1) is 11.4 Å². The van der Waals surface area contributed by atoms with Crippen LogP contribution >= 0.6 is 11.6 Å². The lowest BCUT2D eigenvalue weighted by atomic mass is 10.1. The van der Waals surface area contributed by atoms with Gasteiger partial charge >= 0.3 is 6.03 Å². The Bertz CT molecular complexity index is 1040. The highest BCUT2D eigenvalue weighted by atomic mass is 35.5. The lowest BCUT2D eigenvalue weighted by Gasteiger charge is -2.16. The van der Waals surface area contributed by atoms with Gasteiger partial charge in [0.25, 0.3) is 0 Å². The van der Waals surface area contributed by atoms with Gasteiger partial charge in [-0.3, -0.25) is 4.68 Å². The molecule has 0 spiro atoms. The monoisotopic (exact) mass is 429 g/mol. The summed E-state index contributed by atoms with van der Waals surface area (Å²) < 4.78 is 7.69. The predicted octanol–water partition coefficient (Wildman–Crippen LogP) is 4.03. The van der Waals surface area contributed by atoms with Crippen molar-refractivity contribution >= 4 is 29.0 Å². The first-order valence-electron chi connectivity index (χ1n) is 9.30. The van der Waals surface area contributed by atoms with Crippen LogP contribution in [-0.2, 0) is 7.05 Å². The summed E-state index contributed by atoms with van der Waals surface area (Å²) >= 11 is 5.82. The summed E-state index contributed by atoms with van der Waals surface area (Å²) in [5.74, 6) is 0.583. The number of carbonyl (C=O) groups excluding carboxylic acids is 1. The third-order valence-corrected chi connectivity index (χ3v) is 4.57. The Labute approximate surface area is 180 Å². The van der Waals surface area contributed by atoms with E-state index in [2.05, 4.69) is 15.7 Å². The number of aromatic nitrogens is 2. The highest BCUT2D eigenvalue weighted by molar-refractivity contribution is 6.30. The summed E-state index contributed by atoms with van der Waals surface area (Å²) in [4.78, 5) is 14.4. The van der Waals surface area contributed by atoms with Crippen LogP contribution < -0.4 is 15.4 Å². The third-order valence-electron chi connectivity index (χ3n) is 4.34. The molecule has 1 heterocycles. The normalized spacial score (nSPS) is 10.8. The summed E-state index contributed by atoms with van der Waals surface area (Å²) in [7, 11) is 5.81. The molecular formula is C21H24ClN5O3. The summed E-state index contributed by atoms with van der Waals surface area (Å²) in [6.45, 7) is 1.30. The summed E-state index contributed by atoms with van der Waals surface area (Å²) in [6.07, 6.45) is 1.70. The van der Waals surface area contributed by atoms with Gasteiger partial charge in [0.2, 0.25) is 0 Å². The van der Waals surface area contributed by atoms with E-state index in [9.17, 15) is 9.90 Å². The molecule has 0 aliphatic heterocycles. The zero-order valence-electron chi connectivity index (χ0n) is 17.0. The number of ether oxygens (including phenoxy) is 1. The number of benzene rings is 2. The number of amides is 2. The van der Waals surface area contributed by atoms with E-state index in [1.807, 2.05) is 44.2 Å². The fourth-order valence-corrected chi connectivity index (χ4v) is 2.97. The number of aromatic hydroxyl groups is 1. The lowest BCUT2D eigenvalue weighted by Crippen LogP contribution is -2.20. The molecule has 0 saturated carbocycles. The highest BCUT2D eigenvalue weighted by Crippen LogP contribution is 2.33. The van der Waals surface area contributed by atoms with Gasteiger partial charge in [-0.05, 0) is 50.5 Å². The average Bonchev–Trinajstić information content (AvgIpc) is 3.10. The highest BCUT2D eigenvalue weighted by Gasteiger charge is 2.13. The second-order valence-corrected chi connectivity index (χ2v) is 7.38. The minimum Gasteiger partial charge on any atom is -0.506 e. The lowest BCUT2D eigenvalue weighted by molar-refractivity contribution is 0.261. The van der Waals surface area contributed by atoms with E-state index in [4.69, 9.17) is 16.3 Å². The number of anilines is 2. The van der Waals surface area contributed by atoms with Gasteiger partial charge < -0.3 is 25.4 Å². The molecule has 2 aromatic carbocycles. The van der Waals surface area contributed by atoms with Gasteiger partial charge in [-0.15, -0.1) is 0 Å². The molecule has 3 N–H and O–H groups in total. The Morgan fingerprint density at radius 1 is 1.20 bits per heavy atom. The molecule has 0 atom stereocenters. The van der Waals surface area contributed by atoms with Crippen molar-refractivity contribution in [3.63, 3.8) is 0 Å². The van der Waals surface area contributed by atoms with Crippen molar-refractivity contribution in [2.75, 3.05) is 37.9 Å². The van der Waals surface area contributed by atoms with Crippen LogP contribution in [0.5, 0.6) is 11.5 Å². The van der Waals surface area contributed by atoms with Gasteiger partial charge in [-0.2, -0.15) is 5.10 Å². The average molecular weight is 430 g/mol. The van der Waals surface area contributed by atoms with E-state index in [0.717, 1.165) is 17.8 Å². The number of hydrogen-bond donors (Lipinski definition) is 3. The van der Waals surface area contributed by atoms with Crippen molar-refractivity contribution in [2.24, 2.45) is 7.05 Å². The summed E-state index contributed by atoms with van der Waals surface area (Å²) in [6, 6.07) is 11.2. The zero-order valence-corrected chi connectivity index (χ0v) is 17.8.